The number of benzene rings is 1. The molecule has 0 bridgehead atoms. The highest BCUT2D eigenvalue weighted by Gasteiger charge is 2.10. The first-order valence-corrected chi connectivity index (χ1v) is 7.05. The van der Waals surface area contributed by atoms with Gasteiger partial charge >= 0.3 is 0 Å². The van der Waals surface area contributed by atoms with Crippen molar-refractivity contribution in [2.75, 3.05) is 5.32 Å². The second-order valence-electron chi connectivity index (χ2n) is 3.49. The Kier molecular flexibility index (Phi) is 4.31. The minimum Gasteiger partial charge on any atom is -0.389 e. The van der Waals surface area contributed by atoms with Crippen LogP contribution in [0.5, 0.6) is 0 Å². The summed E-state index contributed by atoms with van der Waals surface area (Å²) in [6.07, 6.45) is 1.69. The monoisotopic (exact) mass is 385 g/mol. The van der Waals surface area contributed by atoms with Crippen LogP contribution in [0.4, 0.5) is 11.5 Å². The maximum atomic E-state index is 5.67. The number of pyridine rings is 1. The van der Waals surface area contributed by atoms with Crippen molar-refractivity contribution in [1.29, 1.82) is 0 Å². The fourth-order valence-electron chi connectivity index (χ4n) is 1.44. The molecule has 2 rings (SSSR count). The van der Waals surface area contributed by atoms with Crippen molar-refractivity contribution in [3.05, 3.63) is 51.0 Å². The molecular weight excluding hydrogens is 378 g/mol. The maximum absolute atomic E-state index is 5.67. The molecule has 1 aromatic carbocycles. The normalized spacial score (nSPS) is 10.1. The average molecular weight is 387 g/mol. The average Bonchev–Trinajstić information content (AvgIpc) is 2.34. The first-order chi connectivity index (χ1) is 8.59. The minimum absolute atomic E-state index is 0.314. The number of hydrogen-bond donors (Lipinski definition) is 2. The predicted molar refractivity (Wildman–Crippen MR) is 85.2 cm³/mol. The molecule has 3 nitrogen and oxygen atoms in total. The van der Waals surface area contributed by atoms with Crippen LogP contribution >= 0.6 is 44.1 Å². The van der Waals surface area contributed by atoms with Crippen LogP contribution in [-0.4, -0.2) is 9.97 Å². The van der Waals surface area contributed by atoms with E-state index < -0.39 is 0 Å². The molecular formula is C12H9Br2N3S. The third-order valence-corrected chi connectivity index (χ3v) is 3.82. The zero-order valence-electron chi connectivity index (χ0n) is 9.15. The highest BCUT2D eigenvalue weighted by molar-refractivity contribution is 9.11. The number of anilines is 2. The van der Waals surface area contributed by atoms with Crippen LogP contribution in [0.15, 0.2) is 45.5 Å². The van der Waals surface area contributed by atoms with Gasteiger partial charge in [0.2, 0.25) is 0 Å². The van der Waals surface area contributed by atoms with Gasteiger partial charge in [0.1, 0.15) is 10.8 Å². The lowest BCUT2D eigenvalue weighted by Crippen LogP contribution is -2.13. The van der Waals surface area contributed by atoms with E-state index in [2.05, 4.69) is 42.2 Å². The number of thiocarbonyl (C=S) groups is 1. The molecule has 0 aliphatic heterocycles. The Bertz CT molecular complexity index is 581. The van der Waals surface area contributed by atoms with Crippen molar-refractivity contribution >= 4 is 60.6 Å². The fraction of sp³-hybridized carbons (Fsp3) is 0. The maximum Gasteiger partial charge on any atom is 0.140 e. The van der Waals surface area contributed by atoms with E-state index in [4.69, 9.17) is 18.0 Å². The number of para-hydroxylation sites is 1. The Morgan fingerprint density at radius 2 is 1.83 bits per heavy atom. The number of nitrogens with one attached hydrogen (secondary N) is 1. The molecule has 0 amide bonds. The van der Waals surface area contributed by atoms with Gasteiger partial charge in [0.15, 0.2) is 0 Å². The number of nitrogens with two attached hydrogens (primary N) is 1. The number of nitrogens with zero attached hydrogens (tertiary/aromatic N) is 1. The van der Waals surface area contributed by atoms with E-state index in [-0.39, 0.29) is 0 Å². The summed E-state index contributed by atoms with van der Waals surface area (Å²) in [6, 6.07) is 9.45. The number of halogens is 2. The summed E-state index contributed by atoms with van der Waals surface area (Å²) in [4.78, 5) is 4.57. The van der Waals surface area contributed by atoms with Crippen LogP contribution in [-0.2, 0) is 0 Å². The Morgan fingerprint density at radius 3 is 2.44 bits per heavy atom. The third-order valence-electron chi connectivity index (χ3n) is 2.28. The van der Waals surface area contributed by atoms with Crippen molar-refractivity contribution in [1.82, 2.24) is 4.98 Å². The van der Waals surface area contributed by atoms with Gasteiger partial charge in [-0.15, -0.1) is 0 Å². The molecule has 3 N–H and O–H groups in total. The van der Waals surface area contributed by atoms with Gasteiger partial charge in [-0.2, -0.15) is 0 Å². The lowest BCUT2D eigenvalue weighted by Gasteiger charge is -2.12. The van der Waals surface area contributed by atoms with E-state index in [9.17, 15) is 0 Å². The molecule has 0 fully saturated rings. The summed E-state index contributed by atoms with van der Waals surface area (Å²) in [6.45, 7) is 0. The van der Waals surface area contributed by atoms with E-state index in [1.54, 1.807) is 12.3 Å². The predicted octanol–water partition coefficient (Wildman–Crippen LogP) is 3.98. The number of rotatable bonds is 3. The van der Waals surface area contributed by atoms with Gasteiger partial charge in [-0.3, -0.25) is 0 Å². The van der Waals surface area contributed by atoms with Gasteiger partial charge in [0, 0.05) is 15.1 Å². The van der Waals surface area contributed by atoms with Crippen molar-refractivity contribution in [2.24, 2.45) is 5.73 Å². The lowest BCUT2D eigenvalue weighted by atomic mass is 10.2. The molecule has 0 atom stereocenters. The van der Waals surface area contributed by atoms with E-state index in [0.717, 1.165) is 20.2 Å². The highest BCUT2D eigenvalue weighted by Crippen LogP contribution is 2.33. The summed E-state index contributed by atoms with van der Waals surface area (Å²) in [5.74, 6) is 0.637. The molecule has 0 saturated carbocycles. The van der Waals surface area contributed by atoms with E-state index in [1.165, 1.54) is 0 Å². The van der Waals surface area contributed by atoms with Gasteiger partial charge in [-0.25, -0.2) is 4.98 Å². The van der Waals surface area contributed by atoms with E-state index >= 15 is 0 Å². The molecule has 2 aromatic rings. The van der Waals surface area contributed by atoms with Crippen molar-refractivity contribution in [3.63, 3.8) is 0 Å². The van der Waals surface area contributed by atoms with Crippen molar-refractivity contribution in [3.8, 4) is 0 Å². The Balaban J connectivity index is 2.43. The Labute approximate surface area is 127 Å². The Morgan fingerprint density at radius 1 is 1.17 bits per heavy atom. The Hall–Kier alpha value is -0.980. The lowest BCUT2D eigenvalue weighted by molar-refractivity contribution is 1.29. The molecule has 92 valence electrons. The van der Waals surface area contributed by atoms with E-state index in [1.807, 2.05) is 24.3 Å². The largest absolute Gasteiger partial charge is 0.389 e. The number of aromatic nitrogens is 1. The molecule has 1 aromatic heterocycles. The van der Waals surface area contributed by atoms with Gasteiger partial charge < -0.3 is 11.1 Å². The SMILES string of the molecule is NC(=S)c1cccnc1Nc1c(Br)cccc1Br. The standard InChI is InChI=1S/C12H9Br2N3S/c13-8-4-1-5-9(14)10(8)17-12-7(11(15)18)3-2-6-16-12/h1-6H,(H2,15,18)(H,16,17). The van der Waals surface area contributed by atoms with Gasteiger partial charge in [-0.05, 0) is 56.1 Å². The summed E-state index contributed by atoms with van der Waals surface area (Å²) in [7, 11) is 0. The molecule has 0 aliphatic carbocycles. The van der Waals surface area contributed by atoms with Crippen LogP contribution in [0.2, 0.25) is 0 Å². The van der Waals surface area contributed by atoms with E-state index in [0.29, 0.717) is 10.8 Å². The summed E-state index contributed by atoms with van der Waals surface area (Å²) in [5.41, 5.74) is 7.27. The number of hydrogen-bond acceptors (Lipinski definition) is 3. The highest BCUT2D eigenvalue weighted by atomic mass is 79.9. The molecule has 6 heteroatoms. The smallest absolute Gasteiger partial charge is 0.140 e. The van der Waals surface area contributed by atoms with Gasteiger partial charge in [0.25, 0.3) is 0 Å². The van der Waals surface area contributed by atoms with Crippen molar-refractivity contribution in [2.45, 2.75) is 0 Å². The first-order valence-electron chi connectivity index (χ1n) is 5.05. The van der Waals surface area contributed by atoms with Crippen LogP contribution in [0, 0.1) is 0 Å². The topological polar surface area (TPSA) is 50.9 Å². The first kappa shape index (κ1) is 13.5. The molecule has 0 unspecified atom stereocenters. The minimum atomic E-state index is 0.314. The second kappa shape index (κ2) is 5.77. The molecule has 0 saturated heterocycles. The molecule has 18 heavy (non-hydrogen) atoms. The second-order valence-corrected chi connectivity index (χ2v) is 5.63. The van der Waals surface area contributed by atoms with Crippen LogP contribution in [0.25, 0.3) is 0 Å². The quantitative estimate of drug-likeness (QED) is 0.783. The fourth-order valence-corrected chi connectivity index (χ4v) is 2.80. The molecule has 0 spiro atoms. The summed E-state index contributed by atoms with van der Waals surface area (Å²) >= 11 is 12.0. The zero-order valence-corrected chi connectivity index (χ0v) is 13.1. The molecule has 0 radical (unpaired) electrons. The molecule has 0 aliphatic rings. The van der Waals surface area contributed by atoms with Crippen molar-refractivity contribution < 1.29 is 0 Å². The van der Waals surface area contributed by atoms with Crippen LogP contribution in [0.1, 0.15) is 5.56 Å². The zero-order chi connectivity index (χ0) is 13.1. The van der Waals surface area contributed by atoms with Crippen LogP contribution < -0.4 is 11.1 Å². The van der Waals surface area contributed by atoms with Crippen LogP contribution in [0.3, 0.4) is 0 Å². The summed E-state index contributed by atoms with van der Waals surface area (Å²) < 4.78 is 1.85. The molecule has 1 heterocycles. The third kappa shape index (κ3) is 2.88. The summed E-state index contributed by atoms with van der Waals surface area (Å²) in [5, 5.41) is 3.22. The van der Waals surface area contributed by atoms with Gasteiger partial charge in [0.05, 0.1) is 11.3 Å². The van der Waals surface area contributed by atoms with Gasteiger partial charge in [-0.1, -0.05) is 18.3 Å².